The first kappa shape index (κ1) is 18.6. The van der Waals surface area contributed by atoms with Crippen molar-refractivity contribution in [3.8, 4) is 0 Å². The molecule has 1 fully saturated rings. The first-order valence-electron chi connectivity index (χ1n) is 7.96. The molecule has 1 aliphatic heterocycles. The SMILES string of the molecule is CCNC(=O)C1CN(c2nc(C)c(C)c(C)n2)CCN1S(C)(=O)=O. The van der Waals surface area contributed by atoms with Crippen molar-refractivity contribution in [2.24, 2.45) is 0 Å². The van der Waals surface area contributed by atoms with E-state index in [0.717, 1.165) is 23.2 Å². The Morgan fingerprint density at radius 3 is 2.29 bits per heavy atom. The molecule has 0 aromatic carbocycles. The lowest BCUT2D eigenvalue weighted by Crippen LogP contribution is -2.60. The lowest BCUT2D eigenvalue weighted by molar-refractivity contribution is -0.124. The van der Waals surface area contributed by atoms with Gasteiger partial charge in [-0.25, -0.2) is 18.4 Å². The molecule has 2 heterocycles. The third kappa shape index (κ3) is 3.84. The summed E-state index contributed by atoms with van der Waals surface area (Å²) in [7, 11) is -3.46. The second-order valence-electron chi connectivity index (χ2n) is 6.05. The predicted molar refractivity (Wildman–Crippen MR) is 92.5 cm³/mol. The van der Waals surface area contributed by atoms with Gasteiger partial charge in [-0.15, -0.1) is 0 Å². The van der Waals surface area contributed by atoms with Gasteiger partial charge in [-0.05, 0) is 33.3 Å². The topological polar surface area (TPSA) is 95.5 Å². The van der Waals surface area contributed by atoms with Gasteiger partial charge in [-0.3, -0.25) is 4.79 Å². The number of nitrogens with one attached hydrogen (secondary N) is 1. The number of piperazine rings is 1. The van der Waals surface area contributed by atoms with Gasteiger partial charge in [0.15, 0.2) is 0 Å². The maximum absolute atomic E-state index is 12.3. The summed E-state index contributed by atoms with van der Waals surface area (Å²) in [5.41, 5.74) is 2.81. The summed E-state index contributed by atoms with van der Waals surface area (Å²) in [4.78, 5) is 23.2. The second-order valence-corrected chi connectivity index (χ2v) is 7.98. The van der Waals surface area contributed by atoms with Crippen molar-refractivity contribution in [1.82, 2.24) is 19.6 Å². The molecule has 1 N–H and O–H groups in total. The summed E-state index contributed by atoms with van der Waals surface area (Å²) >= 11 is 0. The molecule has 0 radical (unpaired) electrons. The minimum absolute atomic E-state index is 0.232. The van der Waals surface area contributed by atoms with Crippen LogP contribution >= 0.6 is 0 Å². The van der Waals surface area contributed by atoms with E-state index in [2.05, 4.69) is 15.3 Å². The highest BCUT2D eigenvalue weighted by atomic mass is 32.2. The molecule has 1 amide bonds. The number of hydrogen-bond donors (Lipinski definition) is 1. The first-order valence-corrected chi connectivity index (χ1v) is 9.81. The van der Waals surface area contributed by atoms with Crippen LogP contribution in [0.5, 0.6) is 0 Å². The summed E-state index contributed by atoms with van der Waals surface area (Å²) in [6.45, 7) is 8.98. The number of likely N-dealkylation sites (N-methyl/N-ethyl adjacent to an activating group) is 1. The number of aryl methyl sites for hydroxylation is 2. The quantitative estimate of drug-likeness (QED) is 0.816. The molecule has 1 aromatic heterocycles. The standard InChI is InChI=1S/C15H25N5O3S/c1-6-16-14(21)13-9-19(7-8-20(13)24(5,22)23)15-17-11(3)10(2)12(4)18-15/h13H,6-9H2,1-5H3,(H,16,21). The van der Waals surface area contributed by atoms with E-state index in [1.54, 1.807) is 6.92 Å². The summed E-state index contributed by atoms with van der Waals surface area (Å²) in [5.74, 6) is 0.242. The number of anilines is 1. The second kappa shape index (κ2) is 7.02. The van der Waals surface area contributed by atoms with E-state index in [1.807, 2.05) is 25.7 Å². The van der Waals surface area contributed by atoms with Crippen LogP contribution in [0.3, 0.4) is 0 Å². The molecule has 24 heavy (non-hydrogen) atoms. The first-order chi connectivity index (χ1) is 11.1. The Hall–Kier alpha value is -1.74. The summed E-state index contributed by atoms with van der Waals surface area (Å²) < 4.78 is 25.2. The summed E-state index contributed by atoms with van der Waals surface area (Å²) in [6.07, 6.45) is 1.13. The van der Waals surface area contributed by atoms with Crippen LogP contribution in [0, 0.1) is 20.8 Å². The zero-order valence-electron chi connectivity index (χ0n) is 14.8. The van der Waals surface area contributed by atoms with Crippen molar-refractivity contribution in [3.63, 3.8) is 0 Å². The maximum Gasteiger partial charge on any atom is 0.240 e. The Kier molecular flexibility index (Phi) is 5.44. The molecule has 9 heteroatoms. The lowest BCUT2D eigenvalue weighted by atomic mass is 10.2. The summed E-state index contributed by atoms with van der Waals surface area (Å²) in [6, 6.07) is -0.779. The van der Waals surface area contributed by atoms with Crippen molar-refractivity contribution < 1.29 is 13.2 Å². The third-order valence-electron chi connectivity index (χ3n) is 4.31. The van der Waals surface area contributed by atoms with E-state index in [-0.39, 0.29) is 19.0 Å². The number of sulfonamides is 1. The normalized spacial score (nSPS) is 19.4. The number of carbonyl (C=O) groups is 1. The van der Waals surface area contributed by atoms with Gasteiger partial charge in [0.25, 0.3) is 0 Å². The molecule has 0 saturated carbocycles. The number of aromatic nitrogens is 2. The fourth-order valence-corrected chi connectivity index (χ4v) is 3.78. The molecule has 8 nitrogen and oxygen atoms in total. The maximum atomic E-state index is 12.3. The van der Waals surface area contributed by atoms with Crippen LogP contribution in [0.25, 0.3) is 0 Å². The third-order valence-corrected chi connectivity index (χ3v) is 5.60. The van der Waals surface area contributed by atoms with Crippen molar-refractivity contribution >= 4 is 21.9 Å². The van der Waals surface area contributed by atoms with E-state index >= 15 is 0 Å². The van der Waals surface area contributed by atoms with Gasteiger partial charge in [0.05, 0.1) is 6.26 Å². The molecule has 0 aliphatic carbocycles. The number of amides is 1. The fraction of sp³-hybridized carbons (Fsp3) is 0.667. The Morgan fingerprint density at radius 1 is 1.21 bits per heavy atom. The molecule has 1 saturated heterocycles. The number of hydrogen-bond acceptors (Lipinski definition) is 6. The predicted octanol–water partition coefficient (Wildman–Crippen LogP) is -0.0118. The molecule has 0 bridgehead atoms. The minimum atomic E-state index is -3.46. The van der Waals surface area contributed by atoms with Crippen LogP contribution in [0.15, 0.2) is 0 Å². The van der Waals surface area contributed by atoms with Gasteiger partial charge in [0.2, 0.25) is 21.9 Å². The Balaban J connectivity index is 2.32. The van der Waals surface area contributed by atoms with Crippen LogP contribution in [-0.4, -0.2) is 67.1 Å². The largest absolute Gasteiger partial charge is 0.355 e. The fourth-order valence-electron chi connectivity index (χ4n) is 2.75. The van der Waals surface area contributed by atoms with Gasteiger partial charge in [-0.1, -0.05) is 0 Å². The van der Waals surface area contributed by atoms with Crippen LogP contribution in [0.2, 0.25) is 0 Å². The number of rotatable bonds is 4. The van der Waals surface area contributed by atoms with Crippen molar-refractivity contribution in [2.75, 3.05) is 37.3 Å². The molecule has 1 aromatic rings. The molecule has 0 spiro atoms. The molecule has 1 aliphatic rings. The number of carbonyl (C=O) groups excluding carboxylic acids is 1. The molecular weight excluding hydrogens is 330 g/mol. The van der Waals surface area contributed by atoms with E-state index in [0.29, 0.717) is 19.0 Å². The van der Waals surface area contributed by atoms with Crippen LogP contribution in [-0.2, 0) is 14.8 Å². The average Bonchev–Trinajstić information content (AvgIpc) is 2.51. The van der Waals surface area contributed by atoms with Gasteiger partial charge >= 0.3 is 0 Å². The smallest absolute Gasteiger partial charge is 0.240 e. The Bertz CT molecular complexity index is 712. The van der Waals surface area contributed by atoms with Crippen molar-refractivity contribution in [1.29, 1.82) is 0 Å². The van der Waals surface area contributed by atoms with Gasteiger partial charge in [-0.2, -0.15) is 4.31 Å². The van der Waals surface area contributed by atoms with Crippen LogP contribution in [0.4, 0.5) is 5.95 Å². The van der Waals surface area contributed by atoms with Crippen molar-refractivity contribution in [3.05, 3.63) is 17.0 Å². The minimum Gasteiger partial charge on any atom is -0.355 e. The highest BCUT2D eigenvalue weighted by Gasteiger charge is 2.38. The van der Waals surface area contributed by atoms with E-state index < -0.39 is 16.1 Å². The van der Waals surface area contributed by atoms with E-state index in [9.17, 15) is 13.2 Å². The van der Waals surface area contributed by atoms with Gasteiger partial charge in [0.1, 0.15) is 6.04 Å². The zero-order chi connectivity index (χ0) is 18.1. The number of nitrogens with zero attached hydrogens (tertiary/aromatic N) is 4. The molecule has 1 unspecified atom stereocenters. The van der Waals surface area contributed by atoms with Crippen LogP contribution < -0.4 is 10.2 Å². The van der Waals surface area contributed by atoms with E-state index in [1.165, 1.54) is 4.31 Å². The molecular formula is C15H25N5O3S. The van der Waals surface area contributed by atoms with E-state index in [4.69, 9.17) is 0 Å². The monoisotopic (exact) mass is 355 g/mol. The molecule has 2 rings (SSSR count). The van der Waals surface area contributed by atoms with Gasteiger partial charge in [0, 0.05) is 37.6 Å². The highest BCUT2D eigenvalue weighted by Crippen LogP contribution is 2.20. The highest BCUT2D eigenvalue weighted by molar-refractivity contribution is 7.88. The van der Waals surface area contributed by atoms with Crippen LogP contribution in [0.1, 0.15) is 23.9 Å². The molecule has 134 valence electrons. The summed E-state index contributed by atoms with van der Waals surface area (Å²) in [5, 5.41) is 2.71. The average molecular weight is 355 g/mol. The zero-order valence-corrected chi connectivity index (χ0v) is 15.6. The Labute approximate surface area is 143 Å². The van der Waals surface area contributed by atoms with Gasteiger partial charge < -0.3 is 10.2 Å². The lowest BCUT2D eigenvalue weighted by Gasteiger charge is -2.39. The molecule has 1 atom stereocenters. The Morgan fingerprint density at radius 2 is 1.79 bits per heavy atom. The van der Waals surface area contributed by atoms with Crippen molar-refractivity contribution in [2.45, 2.75) is 33.7 Å².